The largest absolute Gasteiger partial charge is 0.315 e. The van der Waals surface area contributed by atoms with Crippen LogP contribution in [0.4, 0.5) is 8.78 Å². The first-order chi connectivity index (χ1) is 11.9. The minimum Gasteiger partial charge on any atom is -0.315 e. The Kier molecular flexibility index (Phi) is 5.18. The molecule has 0 bridgehead atoms. The summed E-state index contributed by atoms with van der Waals surface area (Å²) in [4.78, 5) is 24.5. The van der Waals surface area contributed by atoms with Gasteiger partial charge in [-0.15, -0.1) is 0 Å². The SMILES string of the molecule is Cn1cc(C(=O)CCC2CC2)c(Cc2ccc(Br)cc2F)c(F)c1=O. The number of benzene rings is 1. The molecule has 1 aromatic carbocycles. The van der Waals surface area contributed by atoms with Gasteiger partial charge in [0, 0.05) is 41.7 Å². The van der Waals surface area contributed by atoms with Crippen molar-refractivity contribution < 1.29 is 13.6 Å². The van der Waals surface area contributed by atoms with Crippen molar-refractivity contribution in [3.8, 4) is 0 Å². The van der Waals surface area contributed by atoms with Crippen molar-refractivity contribution in [3.05, 3.63) is 67.5 Å². The Bertz CT molecular complexity index is 888. The second-order valence-electron chi connectivity index (χ2n) is 6.57. The lowest BCUT2D eigenvalue weighted by molar-refractivity contribution is 0.0975. The van der Waals surface area contributed by atoms with E-state index in [2.05, 4.69) is 15.9 Å². The standard InChI is InChI=1S/C19H18BrF2NO2/c1-23-10-15(17(24)7-4-11-2-3-11)14(18(22)19(23)25)8-12-5-6-13(20)9-16(12)21/h5-6,9-11H,2-4,7-8H2,1H3. The van der Waals surface area contributed by atoms with E-state index in [9.17, 15) is 18.4 Å². The fraction of sp³-hybridized carbons (Fsp3) is 0.368. The number of nitrogens with zero attached hydrogens (tertiary/aromatic N) is 1. The molecule has 25 heavy (non-hydrogen) atoms. The van der Waals surface area contributed by atoms with Gasteiger partial charge >= 0.3 is 0 Å². The van der Waals surface area contributed by atoms with Crippen LogP contribution in [0, 0.1) is 17.6 Å². The summed E-state index contributed by atoms with van der Waals surface area (Å²) in [5.74, 6) is -1.12. The normalized spacial score (nSPS) is 13.9. The number of pyridine rings is 1. The highest BCUT2D eigenvalue weighted by atomic mass is 79.9. The molecule has 0 unspecified atom stereocenters. The molecule has 1 fully saturated rings. The summed E-state index contributed by atoms with van der Waals surface area (Å²) in [5, 5.41) is 0. The third-order valence-electron chi connectivity index (χ3n) is 4.58. The van der Waals surface area contributed by atoms with Gasteiger partial charge in [-0.25, -0.2) is 8.78 Å². The van der Waals surface area contributed by atoms with E-state index >= 15 is 0 Å². The van der Waals surface area contributed by atoms with Gasteiger partial charge in [0.25, 0.3) is 5.56 Å². The topological polar surface area (TPSA) is 39.1 Å². The molecule has 6 heteroatoms. The fourth-order valence-corrected chi connectivity index (χ4v) is 3.21. The van der Waals surface area contributed by atoms with Crippen LogP contribution in [0.15, 0.2) is 33.7 Å². The van der Waals surface area contributed by atoms with E-state index in [1.54, 1.807) is 6.07 Å². The number of aromatic nitrogens is 1. The molecule has 0 radical (unpaired) electrons. The number of carbonyl (C=O) groups is 1. The van der Waals surface area contributed by atoms with Crippen LogP contribution in [0.2, 0.25) is 0 Å². The lowest BCUT2D eigenvalue weighted by Gasteiger charge is -2.13. The summed E-state index contributed by atoms with van der Waals surface area (Å²) in [6.45, 7) is 0. The van der Waals surface area contributed by atoms with Crippen LogP contribution in [0.1, 0.15) is 47.2 Å². The number of rotatable bonds is 6. The zero-order valence-corrected chi connectivity index (χ0v) is 15.4. The molecule has 0 amide bonds. The van der Waals surface area contributed by atoms with Crippen molar-refractivity contribution >= 4 is 21.7 Å². The van der Waals surface area contributed by atoms with Crippen molar-refractivity contribution in [2.45, 2.75) is 32.1 Å². The first-order valence-electron chi connectivity index (χ1n) is 8.22. The summed E-state index contributed by atoms with van der Waals surface area (Å²) < 4.78 is 30.3. The van der Waals surface area contributed by atoms with Crippen LogP contribution < -0.4 is 5.56 Å². The summed E-state index contributed by atoms with van der Waals surface area (Å²) in [6, 6.07) is 4.45. The molecule has 1 aliphatic rings. The van der Waals surface area contributed by atoms with Gasteiger partial charge in [0.1, 0.15) is 5.82 Å². The number of Topliss-reactive ketones (excluding diaryl/α,β-unsaturated/α-hetero) is 1. The van der Waals surface area contributed by atoms with Crippen molar-refractivity contribution in [3.63, 3.8) is 0 Å². The molecule has 0 atom stereocenters. The second kappa shape index (κ2) is 7.20. The van der Waals surface area contributed by atoms with Crippen molar-refractivity contribution in [2.24, 2.45) is 13.0 Å². The molecule has 0 N–H and O–H groups in total. The van der Waals surface area contributed by atoms with Crippen LogP contribution in [-0.4, -0.2) is 10.4 Å². The average Bonchev–Trinajstić information content (AvgIpc) is 3.39. The van der Waals surface area contributed by atoms with E-state index in [1.807, 2.05) is 0 Å². The molecule has 1 saturated carbocycles. The Balaban J connectivity index is 1.98. The Morgan fingerprint density at radius 3 is 2.68 bits per heavy atom. The number of hydrogen-bond acceptors (Lipinski definition) is 2. The quantitative estimate of drug-likeness (QED) is 0.663. The monoisotopic (exact) mass is 409 g/mol. The van der Waals surface area contributed by atoms with Crippen molar-refractivity contribution in [1.29, 1.82) is 0 Å². The van der Waals surface area contributed by atoms with Crippen LogP contribution in [-0.2, 0) is 13.5 Å². The Labute approximate surface area is 152 Å². The highest BCUT2D eigenvalue weighted by Crippen LogP contribution is 2.34. The number of aryl methyl sites for hydroxylation is 1. The second-order valence-corrected chi connectivity index (χ2v) is 7.48. The van der Waals surface area contributed by atoms with E-state index in [4.69, 9.17) is 0 Å². The van der Waals surface area contributed by atoms with E-state index in [0.717, 1.165) is 23.8 Å². The molecule has 0 saturated heterocycles. The Morgan fingerprint density at radius 1 is 1.32 bits per heavy atom. The predicted octanol–water partition coefficient (Wildman–Crippen LogP) is 4.39. The van der Waals surface area contributed by atoms with Gasteiger partial charge in [0.05, 0.1) is 0 Å². The molecule has 3 nitrogen and oxygen atoms in total. The first-order valence-corrected chi connectivity index (χ1v) is 9.01. The van der Waals surface area contributed by atoms with Crippen LogP contribution in [0.25, 0.3) is 0 Å². The highest BCUT2D eigenvalue weighted by molar-refractivity contribution is 9.10. The van der Waals surface area contributed by atoms with Crippen LogP contribution in [0.3, 0.4) is 0 Å². The van der Waals surface area contributed by atoms with Crippen molar-refractivity contribution in [2.75, 3.05) is 0 Å². The number of halogens is 3. The van der Waals surface area contributed by atoms with Gasteiger partial charge in [-0.2, -0.15) is 0 Å². The van der Waals surface area contributed by atoms with Gasteiger partial charge in [-0.3, -0.25) is 9.59 Å². The van der Waals surface area contributed by atoms with Gasteiger partial charge < -0.3 is 4.57 Å². The van der Waals surface area contributed by atoms with Crippen LogP contribution >= 0.6 is 15.9 Å². The smallest absolute Gasteiger partial charge is 0.286 e. The summed E-state index contributed by atoms with van der Waals surface area (Å²) in [7, 11) is 1.41. The maximum Gasteiger partial charge on any atom is 0.286 e. The molecule has 0 spiro atoms. The Morgan fingerprint density at radius 2 is 2.04 bits per heavy atom. The molecular formula is C19H18BrF2NO2. The van der Waals surface area contributed by atoms with Gasteiger partial charge in [0.2, 0.25) is 0 Å². The van der Waals surface area contributed by atoms with Gasteiger partial charge in [-0.1, -0.05) is 34.8 Å². The van der Waals surface area contributed by atoms with E-state index in [0.29, 0.717) is 16.8 Å². The van der Waals surface area contributed by atoms with Crippen LogP contribution in [0.5, 0.6) is 0 Å². The average molecular weight is 410 g/mol. The molecule has 1 aromatic heterocycles. The van der Waals surface area contributed by atoms with Gasteiger partial charge in [-0.05, 0) is 30.0 Å². The van der Waals surface area contributed by atoms with E-state index in [-0.39, 0.29) is 28.9 Å². The lowest BCUT2D eigenvalue weighted by atomic mass is 9.96. The zero-order chi connectivity index (χ0) is 18.1. The number of hydrogen-bond donors (Lipinski definition) is 0. The molecule has 1 aliphatic carbocycles. The molecule has 132 valence electrons. The minimum atomic E-state index is -0.984. The molecule has 0 aliphatic heterocycles. The molecular weight excluding hydrogens is 392 g/mol. The third-order valence-corrected chi connectivity index (χ3v) is 5.07. The van der Waals surface area contributed by atoms with E-state index < -0.39 is 17.2 Å². The molecule has 1 heterocycles. The maximum absolute atomic E-state index is 14.6. The third kappa shape index (κ3) is 4.06. The first kappa shape index (κ1) is 18.0. The van der Waals surface area contributed by atoms with E-state index in [1.165, 1.54) is 25.4 Å². The summed E-state index contributed by atoms with van der Waals surface area (Å²) in [5.41, 5.74) is -0.425. The summed E-state index contributed by atoms with van der Waals surface area (Å²) >= 11 is 3.17. The fourth-order valence-electron chi connectivity index (χ4n) is 2.88. The number of ketones is 1. The van der Waals surface area contributed by atoms with Gasteiger partial charge in [0.15, 0.2) is 11.6 Å². The Hall–Kier alpha value is -1.82. The molecule has 3 rings (SSSR count). The lowest BCUT2D eigenvalue weighted by Crippen LogP contribution is -2.25. The summed E-state index contributed by atoms with van der Waals surface area (Å²) in [6.07, 6.45) is 4.59. The zero-order valence-electron chi connectivity index (χ0n) is 13.8. The minimum absolute atomic E-state index is 0.0230. The highest BCUT2D eigenvalue weighted by Gasteiger charge is 2.25. The van der Waals surface area contributed by atoms with Crippen molar-refractivity contribution in [1.82, 2.24) is 4.57 Å². The maximum atomic E-state index is 14.6. The number of carbonyl (C=O) groups excluding carboxylic acids is 1. The predicted molar refractivity (Wildman–Crippen MR) is 94.8 cm³/mol. The molecule has 2 aromatic rings.